The summed E-state index contributed by atoms with van der Waals surface area (Å²) in [5.74, 6) is 0.149. The normalized spacial score (nSPS) is 15.8. The summed E-state index contributed by atoms with van der Waals surface area (Å²) < 4.78 is 26.4. The van der Waals surface area contributed by atoms with Gasteiger partial charge in [-0.05, 0) is 61.2 Å². The Bertz CT molecular complexity index is 918. The minimum Gasteiger partial charge on any atom is -0.396 e. The second-order valence-corrected chi connectivity index (χ2v) is 11.5. The average Bonchev–Trinajstić information content (AvgIpc) is 2.82. The second-order valence-electron chi connectivity index (χ2n) is 8.73. The van der Waals surface area contributed by atoms with Crippen molar-refractivity contribution in [2.45, 2.75) is 31.7 Å². The molecule has 0 unspecified atom stereocenters. The molecule has 1 saturated heterocycles. The molecule has 2 N–H and O–H groups in total. The van der Waals surface area contributed by atoms with Crippen molar-refractivity contribution in [1.29, 1.82) is 0 Å². The summed E-state index contributed by atoms with van der Waals surface area (Å²) in [7, 11) is -3.23. The molecule has 0 aromatic heterocycles. The Morgan fingerprint density at radius 2 is 1.38 bits per heavy atom. The van der Waals surface area contributed by atoms with Crippen LogP contribution in [-0.4, -0.2) is 75.0 Å². The number of benzene rings is 2. The number of aliphatic hydroxyl groups excluding tert-OH is 1. The van der Waals surface area contributed by atoms with E-state index in [9.17, 15) is 8.42 Å². The van der Waals surface area contributed by atoms with E-state index in [4.69, 9.17) is 28.3 Å². The van der Waals surface area contributed by atoms with Crippen molar-refractivity contribution < 1.29 is 13.5 Å². The van der Waals surface area contributed by atoms with Crippen LogP contribution >= 0.6 is 23.2 Å². The van der Waals surface area contributed by atoms with Crippen molar-refractivity contribution >= 4 is 33.2 Å². The van der Waals surface area contributed by atoms with Gasteiger partial charge in [-0.2, -0.15) is 0 Å². The summed E-state index contributed by atoms with van der Waals surface area (Å²) >= 11 is 12.3. The first kappa shape index (κ1) is 27.4. The van der Waals surface area contributed by atoms with Crippen LogP contribution in [0.25, 0.3) is 0 Å². The Hall–Kier alpha value is -1.19. The second kappa shape index (κ2) is 13.8. The quantitative estimate of drug-likeness (QED) is 0.382. The van der Waals surface area contributed by atoms with Gasteiger partial charge in [-0.25, -0.2) is 13.1 Å². The van der Waals surface area contributed by atoms with Gasteiger partial charge < -0.3 is 10.0 Å². The van der Waals surface area contributed by atoms with Gasteiger partial charge in [0.15, 0.2) is 0 Å². The van der Waals surface area contributed by atoms with Gasteiger partial charge in [0, 0.05) is 49.4 Å². The Labute approximate surface area is 213 Å². The number of rotatable bonds is 13. The summed E-state index contributed by atoms with van der Waals surface area (Å²) in [6.45, 7) is 5.17. The molecule has 1 fully saturated rings. The van der Waals surface area contributed by atoms with E-state index in [-0.39, 0.29) is 18.4 Å². The fourth-order valence-corrected chi connectivity index (χ4v) is 5.77. The molecule has 1 aliphatic heterocycles. The van der Waals surface area contributed by atoms with Crippen LogP contribution in [0.5, 0.6) is 0 Å². The smallest absolute Gasteiger partial charge is 0.211 e. The molecule has 188 valence electrons. The van der Waals surface area contributed by atoms with E-state index >= 15 is 0 Å². The lowest BCUT2D eigenvalue weighted by molar-refractivity contribution is 0.108. The summed E-state index contributed by atoms with van der Waals surface area (Å²) in [5, 5.41) is 10.2. The number of aliphatic hydroxyl groups is 1. The summed E-state index contributed by atoms with van der Waals surface area (Å²) in [5.41, 5.74) is 2.43. The molecule has 1 heterocycles. The van der Waals surface area contributed by atoms with Crippen molar-refractivity contribution in [1.82, 2.24) is 14.5 Å². The molecule has 0 atom stereocenters. The molecule has 0 bridgehead atoms. The van der Waals surface area contributed by atoms with E-state index in [0.717, 1.165) is 55.6 Å². The van der Waals surface area contributed by atoms with Crippen LogP contribution in [-0.2, 0) is 10.0 Å². The van der Waals surface area contributed by atoms with Crippen molar-refractivity contribution in [2.24, 2.45) is 0 Å². The van der Waals surface area contributed by atoms with Gasteiger partial charge >= 0.3 is 0 Å². The van der Waals surface area contributed by atoms with E-state index in [2.05, 4.69) is 38.8 Å². The molecule has 0 amide bonds. The predicted molar refractivity (Wildman–Crippen MR) is 140 cm³/mol. The van der Waals surface area contributed by atoms with Crippen molar-refractivity contribution in [3.8, 4) is 0 Å². The van der Waals surface area contributed by atoms with Crippen LogP contribution < -0.4 is 4.72 Å². The number of nitrogens with zero attached hydrogens (tertiary/aromatic N) is 2. The highest BCUT2D eigenvalue weighted by Crippen LogP contribution is 2.31. The Kier molecular flexibility index (Phi) is 11.1. The highest BCUT2D eigenvalue weighted by Gasteiger charge is 2.26. The van der Waals surface area contributed by atoms with E-state index in [1.165, 1.54) is 11.1 Å². The van der Waals surface area contributed by atoms with Crippen LogP contribution in [0.2, 0.25) is 10.0 Å². The first-order valence-electron chi connectivity index (χ1n) is 11.9. The third-order valence-corrected chi connectivity index (χ3v) is 8.16. The largest absolute Gasteiger partial charge is 0.396 e. The van der Waals surface area contributed by atoms with Crippen molar-refractivity contribution in [3.05, 3.63) is 69.7 Å². The maximum absolute atomic E-state index is 11.9. The van der Waals surface area contributed by atoms with Gasteiger partial charge in [0.05, 0.1) is 11.8 Å². The molecule has 6 nitrogen and oxygen atoms in total. The molecule has 2 aromatic rings. The molecule has 0 aliphatic carbocycles. The number of piperazine rings is 1. The standard InChI is InChI=1S/C25H35Cl2N3O3S/c26-23-9-5-21(6-10-23)25(22-7-11-24(27)12-8-22)30-17-15-29(16-18-30)14-2-1-3-20-34(32,33)28-13-4-19-31/h5-12,25,28,31H,1-4,13-20H2. The van der Waals surface area contributed by atoms with Crippen LogP contribution in [0, 0.1) is 0 Å². The van der Waals surface area contributed by atoms with Crippen LogP contribution in [0.3, 0.4) is 0 Å². The Balaban J connectivity index is 1.47. The minimum absolute atomic E-state index is 0.00404. The van der Waals surface area contributed by atoms with Crippen LogP contribution in [0.1, 0.15) is 42.9 Å². The molecule has 0 spiro atoms. The molecule has 34 heavy (non-hydrogen) atoms. The zero-order valence-corrected chi connectivity index (χ0v) is 21.8. The van der Waals surface area contributed by atoms with Crippen LogP contribution in [0.4, 0.5) is 0 Å². The Morgan fingerprint density at radius 3 is 1.91 bits per heavy atom. The number of sulfonamides is 1. The predicted octanol–water partition coefficient (Wildman–Crippen LogP) is 4.17. The fourth-order valence-electron chi connectivity index (χ4n) is 4.33. The lowest BCUT2D eigenvalue weighted by atomic mass is 9.96. The highest BCUT2D eigenvalue weighted by atomic mass is 35.5. The SMILES string of the molecule is O=S(=O)(CCCCCN1CCN(C(c2ccc(Cl)cc2)c2ccc(Cl)cc2)CC1)NCCCO. The van der Waals surface area contributed by atoms with E-state index in [0.29, 0.717) is 19.4 Å². The molecule has 0 saturated carbocycles. The number of unbranched alkanes of at least 4 members (excludes halogenated alkanes) is 2. The van der Waals surface area contributed by atoms with Crippen molar-refractivity contribution in [3.63, 3.8) is 0 Å². The lowest BCUT2D eigenvalue weighted by Gasteiger charge is -2.40. The van der Waals surface area contributed by atoms with Gasteiger partial charge in [-0.15, -0.1) is 0 Å². The highest BCUT2D eigenvalue weighted by molar-refractivity contribution is 7.89. The van der Waals surface area contributed by atoms with E-state index in [1.54, 1.807) is 0 Å². The van der Waals surface area contributed by atoms with Crippen LogP contribution in [0.15, 0.2) is 48.5 Å². The van der Waals surface area contributed by atoms with Gasteiger partial charge in [-0.3, -0.25) is 4.90 Å². The molecular weight excluding hydrogens is 493 g/mol. The third kappa shape index (κ3) is 8.79. The number of halogens is 2. The Morgan fingerprint density at radius 1 is 0.824 bits per heavy atom. The fraction of sp³-hybridized carbons (Fsp3) is 0.520. The van der Waals surface area contributed by atoms with Gasteiger partial charge in [0.25, 0.3) is 0 Å². The first-order chi connectivity index (χ1) is 16.4. The lowest BCUT2D eigenvalue weighted by Crippen LogP contribution is -2.48. The maximum Gasteiger partial charge on any atom is 0.211 e. The molecular formula is C25H35Cl2N3O3S. The van der Waals surface area contributed by atoms with E-state index in [1.807, 2.05) is 24.3 Å². The van der Waals surface area contributed by atoms with Crippen molar-refractivity contribution in [2.75, 3.05) is 51.6 Å². The summed E-state index contributed by atoms with van der Waals surface area (Å²) in [4.78, 5) is 4.97. The molecule has 0 radical (unpaired) electrons. The third-order valence-electron chi connectivity index (χ3n) is 6.19. The maximum atomic E-state index is 11.9. The topological polar surface area (TPSA) is 72.9 Å². The van der Waals surface area contributed by atoms with Gasteiger partial charge in [0.2, 0.25) is 10.0 Å². The summed E-state index contributed by atoms with van der Waals surface area (Å²) in [6, 6.07) is 16.3. The molecule has 3 rings (SSSR count). The molecule has 9 heteroatoms. The first-order valence-corrected chi connectivity index (χ1v) is 14.3. The minimum atomic E-state index is -3.23. The van der Waals surface area contributed by atoms with Gasteiger partial charge in [-0.1, -0.05) is 53.9 Å². The number of nitrogens with one attached hydrogen (secondary N) is 1. The zero-order chi connectivity index (χ0) is 24.4. The number of hydrogen-bond donors (Lipinski definition) is 2. The molecule has 1 aliphatic rings. The zero-order valence-electron chi connectivity index (χ0n) is 19.5. The van der Waals surface area contributed by atoms with E-state index < -0.39 is 10.0 Å². The average molecular weight is 529 g/mol. The van der Waals surface area contributed by atoms with Gasteiger partial charge in [0.1, 0.15) is 0 Å². The summed E-state index contributed by atoms with van der Waals surface area (Å²) in [6.07, 6.45) is 2.98. The number of hydrogen-bond acceptors (Lipinski definition) is 5. The molecule has 2 aromatic carbocycles. The monoisotopic (exact) mass is 527 g/mol.